The van der Waals surface area contributed by atoms with Crippen molar-refractivity contribution in [1.29, 1.82) is 0 Å². The summed E-state index contributed by atoms with van der Waals surface area (Å²) in [5, 5.41) is 3.16. The number of rotatable bonds is 2. The van der Waals surface area contributed by atoms with Gasteiger partial charge in [0, 0.05) is 6.54 Å². The number of carbonyl (C=O) groups excluding carboxylic acids is 1. The Bertz CT molecular complexity index is 383. The molecule has 0 aromatic heterocycles. The van der Waals surface area contributed by atoms with Crippen LogP contribution in [0, 0.1) is 5.82 Å². The molecule has 1 N–H and O–H groups in total. The smallest absolute Gasteiger partial charge is 0.322 e. The Labute approximate surface area is 100.0 Å². The maximum absolute atomic E-state index is 12.8. The average Bonchev–Trinajstić information content (AvgIpc) is 2.39. The van der Waals surface area contributed by atoms with Gasteiger partial charge in [-0.15, -0.1) is 0 Å². The number of piperidine rings is 1. The van der Waals surface area contributed by atoms with Crippen LogP contribution in [-0.2, 0) is 9.53 Å². The third-order valence-electron chi connectivity index (χ3n) is 3.24. The summed E-state index contributed by atoms with van der Waals surface area (Å²) in [7, 11) is 1.40. The van der Waals surface area contributed by atoms with E-state index < -0.39 is 0 Å². The molecule has 1 aromatic carbocycles. The maximum atomic E-state index is 12.8. The van der Waals surface area contributed by atoms with E-state index in [0.29, 0.717) is 5.92 Å². The maximum Gasteiger partial charge on any atom is 0.322 e. The third-order valence-corrected chi connectivity index (χ3v) is 3.24. The van der Waals surface area contributed by atoms with Gasteiger partial charge in [0.25, 0.3) is 0 Å². The molecule has 0 saturated carbocycles. The summed E-state index contributed by atoms with van der Waals surface area (Å²) >= 11 is 0. The fraction of sp³-hybridized carbons (Fsp3) is 0.462. The summed E-state index contributed by atoms with van der Waals surface area (Å²) in [6.45, 7) is 0.728. The van der Waals surface area contributed by atoms with Crippen molar-refractivity contribution in [1.82, 2.24) is 5.32 Å². The number of methoxy groups -OCH3 is 1. The van der Waals surface area contributed by atoms with Crippen molar-refractivity contribution in [2.24, 2.45) is 0 Å². The Morgan fingerprint density at radius 2 is 2.06 bits per heavy atom. The number of halogens is 1. The van der Waals surface area contributed by atoms with Gasteiger partial charge < -0.3 is 10.1 Å². The summed E-state index contributed by atoms with van der Waals surface area (Å²) in [4.78, 5) is 11.3. The zero-order chi connectivity index (χ0) is 12.3. The lowest BCUT2D eigenvalue weighted by Crippen LogP contribution is -2.43. The highest BCUT2D eigenvalue weighted by atomic mass is 19.1. The van der Waals surface area contributed by atoms with Gasteiger partial charge in [0.05, 0.1) is 7.11 Å². The zero-order valence-corrected chi connectivity index (χ0v) is 9.78. The van der Waals surface area contributed by atoms with E-state index in [2.05, 4.69) is 5.32 Å². The van der Waals surface area contributed by atoms with Gasteiger partial charge in [0.1, 0.15) is 11.9 Å². The second-order valence-corrected chi connectivity index (χ2v) is 4.31. The third kappa shape index (κ3) is 2.82. The van der Waals surface area contributed by atoms with E-state index in [1.807, 2.05) is 0 Å². The molecule has 92 valence electrons. The highest BCUT2D eigenvalue weighted by molar-refractivity contribution is 5.75. The van der Waals surface area contributed by atoms with Gasteiger partial charge in [-0.3, -0.25) is 4.79 Å². The van der Waals surface area contributed by atoms with Gasteiger partial charge in [-0.25, -0.2) is 4.39 Å². The van der Waals surface area contributed by atoms with E-state index in [0.717, 1.165) is 24.9 Å². The average molecular weight is 237 g/mol. The number of benzene rings is 1. The van der Waals surface area contributed by atoms with Crippen LogP contribution in [0.15, 0.2) is 24.3 Å². The van der Waals surface area contributed by atoms with Crippen molar-refractivity contribution >= 4 is 5.97 Å². The van der Waals surface area contributed by atoms with Crippen LogP contribution in [0.1, 0.15) is 24.3 Å². The Morgan fingerprint density at radius 3 is 2.59 bits per heavy atom. The summed E-state index contributed by atoms with van der Waals surface area (Å²) in [5.41, 5.74) is 1.11. The minimum Gasteiger partial charge on any atom is -0.468 e. The number of hydrogen-bond acceptors (Lipinski definition) is 3. The predicted molar refractivity (Wildman–Crippen MR) is 62.2 cm³/mol. The molecular weight excluding hydrogens is 221 g/mol. The van der Waals surface area contributed by atoms with Crippen LogP contribution in [-0.4, -0.2) is 25.7 Å². The first-order valence-corrected chi connectivity index (χ1v) is 5.77. The molecule has 0 radical (unpaired) electrons. The fourth-order valence-electron chi connectivity index (χ4n) is 2.22. The van der Waals surface area contributed by atoms with Crippen LogP contribution in [0.25, 0.3) is 0 Å². The van der Waals surface area contributed by atoms with Gasteiger partial charge >= 0.3 is 5.97 Å². The molecule has 17 heavy (non-hydrogen) atoms. The van der Waals surface area contributed by atoms with Gasteiger partial charge in [-0.2, -0.15) is 0 Å². The molecule has 0 amide bonds. The number of nitrogens with one attached hydrogen (secondary N) is 1. The second-order valence-electron chi connectivity index (χ2n) is 4.31. The molecule has 1 aromatic rings. The summed E-state index contributed by atoms with van der Waals surface area (Å²) < 4.78 is 17.5. The van der Waals surface area contributed by atoms with Crippen LogP contribution in [0.3, 0.4) is 0 Å². The van der Waals surface area contributed by atoms with Crippen LogP contribution >= 0.6 is 0 Å². The Morgan fingerprint density at radius 1 is 1.35 bits per heavy atom. The molecule has 0 unspecified atom stereocenters. The number of hydrogen-bond donors (Lipinski definition) is 1. The van der Waals surface area contributed by atoms with Crippen LogP contribution in [0.2, 0.25) is 0 Å². The summed E-state index contributed by atoms with van der Waals surface area (Å²) in [5.74, 6) is -0.0796. The van der Waals surface area contributed by atoms with Crippen molar-refractivity contribution in [3.63, 3.8) is 0 Å². The minimum absolute atomic E-state index is 0.198. The lowest BCUT2D eigenvalue weighted by molar-refractivity contribution is -0.143. The molecule has 0 spiro atoms. The van der Waals surface area contributed by atoms with Crippen molar-refractivity contribution in [2.45, 2.75) is 24.8 Å². The molecule has 0 aliphatic carbocycles. The first kappa shape index (κ1) is 12.0. The molecule has 1 saturated heterocycles. The quantitative estimate of drug-likeness (QED) is 0.797. The predicted octanol–water partition coefficient (Wildman–Crippen LogP) is 1.83. The Hall–Kier alpha value is -1.42. The van der Waals surface area contributed by atoms with Crippen molar-refractivity contribution < 1.29 is 13.9 Å². The monoisotopic (exact) mass is 237 g/mol. The van der Waals surface area contributed by atoms with Crippen LogP contribution in [0.5, 0.6) is 0 Å². The van der Waals surface area contributed by atoms with Crippen LogP contribution < -0.4 is 5.32 Å². The highest BCUT2D eigenvalue weighted by Crippen LogP contribution is 2.25. The molecule has 3 nitrogen and oxygen atoms in total. The number of esters is 1. The van der Waals surface area contributed by atoms with Gasteiger partial charge in [0.2, 0.25) is 0 Å². The van der Waals surface area contributed by atoms with Gasteiger partial charge in [-0.05, 0) is 36.5 Å². The van der Waals surface area contributed by atoms with E-state index in [-0.39, 0.29) is 17.8 Å². The van der Waals surface area contributed by atoms with Crippen molar-refractivity contribution in [2.75, 3.05) is 13.7 Å². The van der Waals surface area contributed by atoms with E-state index in [1.54, 1.807) is 12.1 Å². The number of ether oxygens (including phenoxy) is 1. The second kappa shape index (κ2) is 5.27. The lowest BCUT2D eigenvalue weighted by atomic mass is 9.89. The lowest BCUT2D eigenvalue weighted by Gasteiger charge is -2.28. The standard InChI is InChI=1S/C13H16FNO2/c1-17-13(16)12-7-4-10(8-15-12)9-2-5-11(14)6-3-9/h2-3,5-6,10,12,15H,4,7-8H2,1H3/t10-,12-/m0/s1. The molecule has 0 bridgehead atoms. The molecule has 2 atom stereocenters. The van der Waals surface area contributed by atoms with Crippen molar-refractivity contribution in [3.05, 3.63) is 35.6 Å². The zero-order valence-electron chi connectivity index (χ0n) is 9.78. The Balaban J connectivity index is 1.95. The molecule has 1 aliphatic rings. The number of carbonyl (C=O) groups is 1. The minimum atomic E-state index is -0.218. The van der Waals surface area contributed by atoms with E-state index >= 15 is 0 Å². The molecule has 1 fully saturated rings. The molecule has 1 heterocycles. The first-order valence-electron chi connectivity index (χ1n) is 5.77. The van der Waals surface area contributed by atoms with Crippen LogP contribution in [0.4, 0.5) is 4.39 Å². The SMILES string of the molecule is COC(=O)[C@@H]1CC[C@H](c2ccc(F)cc2)CN1. The largest absolute Gasteiger partial charge is 0.468 e. The van der Waals surface area contributed by atoms with Gasteiger partial charge in [0.15, 0.2) is 0 Å². The van der Waals surface area contributed by atoms with Gasteiger partial charge in [-0.1, -0.05) is 12.1 Å². The summed E-state index contributed by atoms with van der Waals surface area (Å²) in [6, 6.07) is 6.36. The van der Waals surface area contributed by atoms with E-state index in [4.69, 9.17) is 4.74 Å². The molecule has 1 aliphatic heterocycles. The summed E-state index contributed by atoms with van der Waals surface area (Å²) in [6.07, 6.45) is 1.67. The van der Waals surface area contributed by atoms with E-state index in [9.17, 15) is 9.18 Å². The molecular formula is C13H16FNO2. The van der Waals surface area contributed by atoms with E-state index in [1.165, 1.54) is 19.2 Å². The topological polar surface area (TPSA) is 38.3 Å². The van der Waals surface area contributed by atoms with Crippen molar-refractivity contribution in [3.8, 4) is 0 Å². The fourth-order valence-corrected chi connectivity index (χ4v) is 2.22. The first-order chi connectivity index (χ1) is 8.20. The Kier molecular flexibility index (Phi) is 3.74. The molecule has 2 rings (SSSR count). The normalized spacial score (nSPS) is 24.4. The highest BCUT2D eigenvalue weighted by Gasteiger charge is 2.26. The molecule has 4 heteroatoms.